The van der Waals surface area contributed by atoms with E-state index in [-0.39, 0.29) is 0 Å². The standard InChI is InChI=1S/C17H16F2O3/c1-5-10-9-14(20-2)16(21-3)17(22-4)15(10)11-6-7-12(18)13(19)8-11/h5-9H,1H2,2-4H3. The molecule has 0 bridgehead atoms. The van der Waals surface area contributed by atoms with E-state index >= 15 is 0 Å². The van der Waals surface area contributed by atoms with Crippen molar-refractivity contribution in [3.05, 3.63) is 48.0 Å². The zero-order valence-corrected chi connectivity index (χ0v) is 12.6. The van der Waals surface area contributed by atoms with Crippen LogP contribution in [-0.4, -0.2) is 21.3 Å². The molecule has 2 aromatic carbocycles. The minimum Gasteiger partial charge on any atom is -0.493 e. The first-order chi connectivity index (χ1) is 10.6. The third-order valence-electron chi connectivity index (χ3n) is 3.29. The number of halogens is 2. The maximum absolute atomic E-state index is 13.6. The smallest absolute Gasteiger partial charge is 0.203 e. The summed E-state index contributed by atoms with van der Waals surface area (Å²) in [6.45, 7) is 3.74. The quantitative estimate of drug-likeness (QED) is 0.824. The highest BCUT2D eigenvalue weighted by Gasteiger charge is 2.21. The SMILES string of the molecule is C=Cc1cc(OC)c(OC)c(OC)c1-c1ccc(F)c(F)c1. The maximum atomic E-state index is 13.6. The Morgan fingerprint density at radius 3 is 2.09 bits per heavy atom. The van der Waals surface area contributed by atoms with Crippen LogP contribution in [-0.2, 0) is 0 Å². The molecule has 0 N–H and O–H groups in total. The van der Waals surface area contributed by atoms with Gasteiger partial charge in [-0.3, -0.25) is 0 Å². The summed E-state index contributed by atoms with van der Waals surface area (Å²) >= 11 is 0. The van der Waals surface area contributed by atoms with Crippen molar-refractivity contribution in [2.45, 2.75) is 0 Å². The van der Waals surface area contributed by atoms with Gasteiger partial charge in [-0.1, -0.05) is 18.7 Å². The summed E-state index contributed by atoms with van der Waals surface area (Å²) in [6.07, 6.45) is 1.58. The minimum absolute atomic E-state index is 0.364. The van der Waals surface area contributed by atoms with Crippen molar-refractivity contribution in [2.75, 3.05) is 21.3 Å². The number of methoxy groups -OCH3 is 3. The first-order valence-corrected chi connectivity index (χ1v) is 6.48. The molecular formula is C17H16F2O3. The first kappa shape index (κ1) is 15.8. The van der Waals surface area contributed by atoms with Gasteiger partial charge in [0.15, 0.2) is 23.1 Å². The number of ether oxygens (including phenoxy) is 3. The molecule has 0 saturated carbocycles. The molecule has 2 rings (SSSR count). The average molecular weight is 306 g/mol. The van der Waals surface area contributed by atoms with Crippen molar-refractivity contribution >= 4 is 6.08 Å². The second kappa shape index (κ2) is 6.47. The monoisotopic (exact) mass is 306 g/mol. The van der Waals surface area contributed by atoms with Gasteiger partial charge in [-0.15, -0.1) is 0 Å². The van der Waals surface area contributed by atoms with Gasteiger partial charge < -0.3 is 14.2 Å². The van der Waals surface area contributed by atoms with Crippen LogP contribution in [0.5, 0.6) is 17.2 Å². The van der Waals surface area contributed by atoms with Gasteiger partial charge in [-0.2, -0.15) is 0 Å². The Kier molecular flexibility index (Phi) is 4.65. The molecule has 0 aliphatic heterocycles. The largest absolute Gasteiger partial charge is 0.493 e. The van der Waals surface area contributed by atoms with Crippen LogP contribution in [0.15, 0.2) is 30.8 Å². The molecule has 3 nitrogen and oxygen atoms in total. The predicted octanol–water partition coefficient (Wildman–Crippen LogP) is 4.30. The summed E-state index contributed by atoms with van der Waals surface area (Å²) in [7, 11) is 4.44. The second-order valence-corrected chi connectivity index (χ2v) is 4.44. The summed E-state index contributed by atoms with van der Waals surface area (Å²) in [4.78, 5) is 0. The molecule has 0 heterocycles. The van der Waals surface area contributed by atoms with Crippen molar-refractivity contribution in [3.63, 3.8) is 0 Å². The van der Waals surface area contributed by atoms with Crippen molar-refractivity contribution < 1.29 is 23.0 Å². The lowest BCUT2D eigenvalue weighted by atomic mass is 9.97. The Hall–Kier alpha value is -2.56. The molecule has 0 fully saturated rings. The maximum Gasteiger partial charge on any atom is 0.203 e. The van der Waals surface area contributed by atoms with Crippen LogP contribution in [0.4, 0.5) is 8.78 Å². The summed E-state index contributed by atoms with van der Waals surface area (Å²) in [5.41, 5.74) is 1.65. The molecule has 2 aromatic rings. The van der Waals surface area contributed by atoms with Crippen LogP contribution < -0.4 is 14.2 Å². The highest BCUT2D eigenvalue weighted by Crippen LogP contribution is 2.47. The zero-order chi connectivity index (χ0) is 16.3. The van der Waals surface area contributed by atoms with Gasteiger partial charge >= 0.3 is 0 Å². The van der Waals surface area contributed by atoms with Gasteiger partial charge in [-0.05, 0) is 29.3 Å². The van der Waals surface area contributed by atoms with E-state index in [4.69, 9.17) is 14.2 Å². The fourth-order valence-electron chi connectivity index (χ4n) is 2.29. The summed E-state index contributed by atoms with van der Waals surface area (Å²) < 4.78 is 42.7. The minimum atomic E-state index is -0.940. The van der Waals surface area contributed by atoms with E-state index in [1.54, 1.807) is 12.1 Å². The van der Waals surface area contributed by atoms with Gasteiger partial charge in [0.2, 0.25) is 5.75 Å². The lowest BCUT2D eigenvalue weighted by molar-refractivity contribution is 0.325. The van der Waals surface area contributed by atoms with Crippen LogP contribution in [0.25, 0.3) is 17.2 Å². The molecule has 0 unspecified atom stereocenters. The van der Waals surface area contributed by atoms with Crippen molar-refractivity contribution in [2.24, 2.45) is 0 Å². The van der Waals surface area contributed by atoms with E-state index in [0.29, 0.717) is 33.9 Å². The van der Waals surface area contributed by atoms with Crippen molar-refractivity contribution in [1.29, 1.82) is 0 Å². The van der Waals surface area contributed by atoms with E-state index < -0.39 is 11.6 Å². The molecule has 0 atom stereocenters. The lowest BCUT2D eigenvalue weighted by Crippen LogP contribution is -1.99. The normalized spacial score (nSPS) is 10.2. The third-order valence-corrected chi connectivity index (χ3v) is 3.29. The molecule has 5 heteroatoms. The number of hydrogen-bond donors (Lipinski definition) is 0. The van der Waals surface area contributed by atoms with E-state index in [1.807, 2.05) is 0 Å². The Morgan fingerprint density at radius 2 is 1.59 bits per heavy atom. The van der Waals surface area contributed by atoms with Crippen LogP contribution in [0.2, 0.25) is 0 Å². The Bertz CT molecular complexity index is 712. The highest BCUT2D eigenvalue weighted by atomic mass is 19.2. The zero-order valence-electron chi connectivity index (χ0n) is 12.6. The molecule has 0 spiro atoms. The van der Waals surface area contributed by atoms with Gasteiger partial charge in [0.1, 0.15) is 0 Å². The molecular weight excluding hydrogens is 290 g/mol. The fourth-order valence-corrected chi connectivity index (χ4v) is 2.29. The summed E-state index contributed by atoms with van der Waals surface area (Å²) in [5, 5.41) is 0. The van der Waals surface area contributed by atoms with Crippen molar-refractivity contribution in [1.82, 2.24) is 0 Å². The molecule has 0 aliphatic carbocycles. The second-order valence-electron chi connectivity index (χ2n) is 4.44. The van der Waals surface area contributed by atoms with Crippen LogP contribution >= 0.6 is 0 Å². The molecule has 22 heavy (non-hydrogen) atoms. The number of hydrogen-bond acceptors (Lipinski definition) is 3. The molecule has 0 radical (unpaired) electrons. The fraction of sp³-hybridized carbons (Fsp3) is 0.176. The number of rotatable bonds is 5. The third kappa shape index (κ3) is 2.62. The Labute approximate surface area is 127 Å². The van der Waals surface area contributed by atoms with E-state index in [9.17, 15) is 8.78 Å². The van der Waals surface area contributed by atoms with E-state index in [0.717, 1.165) is 12.1 Å². The van der Waals surface area contributed by atoms with Crippen LogP contribution in [0.1, 0.15) is 5.56 Å². The first-order valence-electron chi connectivity index (χ1n) is 6.48. The molecule has 0 amide bonds. The van der Waals surface area contributed by atoms with Crippen LogP contribution in [0, 0.1) is 11.6 Å². The summed E-state index contributed by atoms with van der Waals surface area (Å²) in [5.74, 6) is -0.661. The molecule has 0 aromatic heterocycles. The Balaban J connectivity index is 2.82. The number of benzene rings is 2. The highest BCUT2D eigenvalue weighted by molar-refractivity contribution is 5.84. The van der Waals surface area contributed by atoms with Gasteiger partial charge in [0.05, 0.1) is 21.3 Å². The van der Waals surface area contributed by atoms with Crippen LogP contribution in [0.3, 0.4) is 0 Å². The predicted molar refractivity (Wildman–Crippen MR) is 81.5 cm³/mol. The van der Waals surface area contributed by atoms with E-state index in [1.165, 1.54) is 27.4 Å². The Morgan fingerprint density at radius 1 is 0.909 bits per heavy atom. The van der Waals surface area contributed by atoms with E-state index in [2.05, 4.69) is 6.58 Å². The van der Waals surface area contributed by atoms with Gasteiger partial charge in [0, 0.05) is 5.56 Å². The molecule has 0 saturated heterocycles. The molecule has 116 valence electrons. The lowest BCUT2D eigenvalue weighted by Gasteiger charge is -2.18. The van der Waals surface area contributed by atoms with Gasteiger partial charge in [-0.25, -0.2) is 8.78 Å². The average Bonchev–Trinajstić information content (AvgIpc) is 2.55. The topological polar surface area (TPSA) is 27.7 Å². The molecule has 0 aliphatic rings. The van der Waals surface area contributed by atoms with Crippen molar-refractivity contribution in [3.8, 4) is 28.4 Å². The van der Waals surface area contributed by atoms with Gasteiger partial charge in [0.25, 0.3) is 0 Å². The summed E-state index contributed by atoms with van der Waals surface area (Å²) in [6, 6.07) is 5.33.